The fraction of sp³-hybridized carbons (Fsp3) is 0.571. The second kappa shape index (κ2) is 7.44. The number of nitrogens with one attached hydrogen (secondary N) is 1. The smallest absolute Gasteiger partial charge is 0.121 e. The maximum atomic E-state index is 6.14. The van der Waals surface area contributed by atoms with Gasteiger partial charge in [0.15, 0.2) is 0 Å². The summed E-state index contributed by atoms with van der Waals surface area (Å²) in [6.45, 7) is 4.41. The standard InChI is InChI=1S/C14H22ClNO/c1-4-5-6-7-11(2)16-14-10-12(17-3)8-9-13(14)15/h8-11,16H,4-7H2,1-3H3. The van der Waals surface area contributed by atoms with Gasteiger partial charge in [-0.25, -0.2) is 0 Å². The van der Waals surface area contributed by atoms with Crippen molar-refractivity contribution in [3.63, 3.8) is 0 Å². The summed E-state index contributed by atoms with van der Waals surface area (Å²) in [6.07, 6.45) is 4.97. The van der Waals surface area contributed by atoms with Gasteiger partial charge in [0.25, 0.3) is 0 Å². The van der Waals surface area contributed by atoms with Crippen LogP contribution in [0.4, 0.5) is 5.69 Å². The summed E-state index contributed by atoms with van der Waals surface area (Å²) in [4.78, 5) is 0. The molecular formula is C14H22ClNO. The topological polar surface area (TPSA) is 21.3 Å². The van der Waals surface area contributed by atoms with Crippen LogP contribution in [0.1, 0.15) is 39.5 Å². The van der Waals surface area contributed by atoms with E-state index in [0.29, 0.717) is 6.04 Å². The summed E-state index contributed by atoms with van der Waals surface area (Å²) < 4.78 is 5.19. The van der Waals surface area contributed by atoms with Crippen molar-refractivity contribution < 1.29 is 4.74 Å². The molecular weight excluding hydrogens is 234 g/mol. The molecule has 1 aromatic rings. The predicted molar refractivity (Wildman–Crippen MR) is 75.2 cm³/mol. The first-order chi connectivity index (χ1) is 8.17. The molecule has 1 atom stereocenters. The van der Waals surface area contributed by atoms with Gasteiger partial charge in [0.1, 0.15) is 5.75 Å². The lowest BCUT2D eigenvalue weighted by Crippen LogP contribution is -2.15. The van der Waals surface area contributed by atoms with Crippen molar-refractivity contribution in [3.05, 3.63) is 23.2 Å². The van der Waals surface area contributed by atoms with Gasteiger partial charge in [-0.05, 0) is 25.5 Å². The normalized spacial score (nSPS) is 12.2. The first-order valence-corrected chi connectivity index (χ1v) is 6.65. The molecule has 0 fully saturated rings. The lowest BCUT2D eigenvalue weighted by atomic mass is 10.1. The lowest BCUT2D eigenvalue weighted by molar-refractivity contribution is 0.415. The minimum Gasteiger partial charge on any atom is -0.497 e. The van der Waals surface area contributed by atoms with Crippen LogP contribution in [0.2, 0.25) is 5.02 Å². The Kier molecular flexibility index (Phi) is 6.20. The first-order valence-electron chi connectivity index (χ1n) is 6.27. The van der Waals surface area contributed by atoms with Crippen LogP contribution in [0, 0.1) is 0 Å². The van der Waals surface area contributed by atoms with Gasteiger partial charge in [-0.2, -0.15) is 0 Å². The third-order valence-corrected chi connectivity index (χ3v) is 3.15. The maximum Gasteiger partial charge on any atom is 0.121 e. The van der Waals surface area contributed by atoms with Crippen LogP contribution in [-0.2, 0) is 0 Å². The Balaban J connectivity index is 2.54. The molecule has 17 heavy (non-hydrogen) atoms. The number of methoxy groups -OCH3 is 1. The zero-order valence-electron chi connectivity index (χ0n) is 10.9. The average molecular weight is 256 g/mol. The fourth-order valence-electron chi connectivity index (χ4n) is 1.78. The van der Waals surface area contributed by atoms with Gasteiger partial charge in [-0.15, -0.1) is 0 Å². The van der Waals surface area contributed by atoms with Crippen molar-refractivity contribution in [1.82, 2.24) is 0 Å². The number of ether oxygens (including phenoxy) is 1. The van der Waals surface area contributed by atoms with Crippen LogP contribution >= 0.6 is 11.6 Å². The SMILES string of the molecule is CCCCCC(C)Nc1cc(OC)ccc1Cl. The molecule has 0 radical (unpaired) electrons. The summed E-state index contributed by atoms with van der Waals surface area (Å²) in [5.41, 5.74) is 0.954. The molecule has 0 heterocycles. The molecule has 0 aliphatic carbocycles. The number of anilines is 1. The van der Waals surface area contributed by atoms with Crippen molar-refractivity contribution in [2.75, 3.05) is 12.4 Å². The Morgan fingerprint density at radius 3 is 2.76 bits per heavy atom. The van der Waals surface area contributed by atoms with E-state index in [0.717, 1.165) is 16.5 Å². The van der Waals surface area contributed by atoms with E-state index in [1.54, 1.807) is 7.11 Å². The Morgan fingerprint density at radius 2 is 2.12 bits per heavy atom. The van der Waals surface area contributed by atoms with Crippen LogP contribution in [-0.4, -0.2) is 13.2 Å². The molecule has 3 heteroatoms. The molecule has 1 rings (SSSR count). The number of benzene rings is 1. The van der Waals surface area contributed by atoms with E-state index in [4.69, 9.17) is 16.3 Å². The van der Waals surface area contributed by atoms with Gasteiger partial charge in [0.05, 0.1) is 17.8 Å². The Hall–Kier alpha value is -0.890. The second-order valence-electron chi connectivity index (χ2n) is 4.39. The van der Waals surface area contributed by atoms with E-state index in [-0.39, 0.29) is 0 Å². The van der Waals surface area contributed by atoms with E-state index in [1.807, 2.05) is 18.2 Å². The third kappa shape index (κ3) is 4.86. The van der Waals surface area contributed by atoms with Crippen LogP contribution in [0.3, 0.4) is 0 Å². The zero-order chi connectivity index (χ0) is 12.7. The van der Waals surface area contributed by atoms with Gasteiger partial charge in [-0.1, -0.05) is 37.8 Å². The predicted octanol–water partition coefficient (Wildman–Crippen LogP) is 4.73. The Labute approximate surface area is 109 Å². The highest BCUT2D eigenvalue weighted by molar-refractivity contribution is 6.33. The molecule has 0 saturated heterocycles. The van der Waals surface area contributed by atoms with E-state index in [2.05, 4.69) is 19.2 Å². The molecule has 1 unspecified atom stereocenters. The number of hydrogen-bond donors (Lipinski definition) is 1. The highest BCUT2D eigenvalue weighted by Gasteiger charge is 2.06. The molecule has 0 saturated carbocycles. The summed E-state index contributed by atoms with van der Waals surface area (Å²) in [6, 6.07) is 6.11. The molecule has 2 nitrogen and oxygen atoms in total. The van der Waals surface area contributed by atoms with E-state index in [9.17, 15) is 0 Å². The summed E-state index contributed by atoms with van der Waals surface area (Å²) >= 11 is 6.14. The van der Waals surface area contributed by atoms with Gasteiger partial charge in [0.2, 0.25) is 0 Å². The van der Waals surface area contributed by atoms with Crippen molar-refractivity contribution >= 4 is 17.3 Å². The maximum absolute atomic E-state index is 6.14. The third-order valence-electron chi connectivity index (χ3n) is 2.82. The summed E-state index contributed by atoms with van der Waals surface area (Å²) in [5, 5.41) is 4.18. The van der Waals surface area contributed by atoms with Crippen molar-refractivity contribution in [2.24, 2.45) is 0 Å². The quantitative estimate of drug-likeness (QED) is 0.712. The molecule has 1 N–H and O–H groups in total. The second-order valence-corrected chi connectivity index (χ2v) is 4.79. The average Bonchev–Trinajstić information content (AvgIpc) is 2.32. The van der Waals surface area contributed by atoms with Gasteiger partial charge >= 0.3 is 0 Å². The number of halogens is 1. The number of hydrogen-bond acceptors (Lipinski definition) is 2. The fourth-order valence-corrected chi connectivity index (χ4v) is 1.95. The molecule has 0 spiro atoms. The molecule has 0 amide bonds. The van der Waals surface area contributed by atoms with E-state index in [1.165, 1.54) is 25.7 Å². The molecule has 96 valence electrons. The van der Waals surface area contributed by atoms with Crippen molar-refractivity contribution in [2.45, 2.75) is 45.6 Å². The summed E-state index contributed by atoms with van der Waals surface area (Å²) in [7, 11) is 1.66. The van der Waals surface area contributed by atoms with Crippen LogP contribution in [0.15, 0.2) is 18.2 Å². The largest absolute Gasteiger partial charge is 0.497 e. The highest BCUT2D eigenvalue weighted by atomic mass is 35.5. The summed E-state index contributed by atoms with van der Waals surface area (Å²) in [5.74, 6) is 0.831. The van der Waals surface area contributed by atoms with Crippen LogP contribution < -0.4 is 10.1 Å². The van der Waals surface area contributed by atoms with Crippen molar-refractivity contribution in [3.8, 4) is 5.75 Å². The van der Waals surface area contributed by atoms with Gasteiger partial charge < -0.3 is 10.1 Å². The number of unbranched alkanes of at least 4 members (excludes halogenated alkanes) is 2. The Bertz CT molecular complexity index is 341. The minimum absolute atomic E-state index is 0.436. The minimum atomic E-state index is 0.436. The van der Waals surface area contributed by atoms with E-state index >= 15 is 0 Å². The molecule has 0 aromatic heterocycles. The highest BCUT2D eigenvalue weighted by Crippen LogP contribution is 2.27. The van der Waals surface area contributed by atoms with Gasteiger partial charge in [0, 0.05) is 12.1 Å². The van der Waals surface area contributed by atoms with E-state index < -0.39 is 0 Å². The zero-order valence-corrected chi connectivity index (χ0v) is 11.7. The first kappa shape index (κ1) is 14.2. The van der Waals surface area contributed by atoms with Crippen LogP contribution in [0.25, 0.3) is 0 Å². The number of rotatable bonds is 7. The van der Waals surface area contributed by atoms with Gasteiger partial charge in [-0.3, -0.25) is 0 Å². The molecule has 0 aliphatic rings. The monoisotopic (exact) mass is 255 g/mol. The Morgan fingerprint density at radius 1 is 1.35 bits per heavy atom. The molecule has 0 bridgehead atoms. The molecule has 1 aromatic carbocycles. The lowest BCUT2D eigenvalue weighted by Gasteiger charge is -2.16. The van der Waals surface area contributed by atoms with Crippen molar-refractivity contribution in [1.29, 1.82) is 0 Å². The molecule has 0 aliphatic heterocycles. The van der Waals surface area contributed by atoms with Crippen LogP contribution in [0.5, 0.6) is 5.75 Å².